The van der Waals surface area contributed by atoms with Crippen LogP contribution in [-0.4, -0.2) is 27.3 Å². The summed E-state index contributed by atoms with van der Waals surface area (Å²) in [5.41, 5.74) is 0.123. The molecule has 2 rings (SSSR count). The van der Waals surface area contributed by atoms with Gasteiger partial charge in [-0.1, -0.05) is 24.3 Å². The quantitative estimate of drug-likeness (QED) is 0.786. The molecule has 0 unspecified atom stereocenters. The summed E-state index contributed by atoms with van der Waals surface area (Å²) in [4.78, 5) is 22.3. The van der Waals surface area contributed by atoms with Gasteiger partial charge in [0.05, 0.1) is 11.1 Å². The van der Waals surface area contributed by atoms with Crippen molar-refractivity contribution in [2.45, 2.75) is 0 Å². The maximum absolute atomic E-state index is 11.3. The first kappa shape index (κ1) is 12.6. The van der Waals surface area contributed by atoms with E-state index in [0.29, 0.717) is 5.56 Å². The van der Waals surface area contributed by atoms with Crippen molar-refractivity contribution in [3.05, 3.63) is 53.6 Å². The molecule has 19 heavy (non-hydrogen) atoms. The standard InChI is InChI=1S/C14H10O5/c15-9-4-1-3-8(7-9)10-5-2-6-11(13(16)17)12(10)14(18)19/h1-7,15H,(H,16,17)(H,18,19). The zero-order valence-electron chi connectivity index (χ0n) is 9.70. The van der Waals surface area contributed by atoms with E-state index in [1.165, 1.54) is 30.3 Å². The topological polar surface area (TPSA) is 94.8 Å². The van der Waals surface area contributed by atoms with Gasteiger partial charge in [-0.25, -0.2) is 9.59 Å². The molecule has 0 spiro atoms. The fraction of sp³-hybridized carbons (Fsp3) is 0. The Morgan fingerprint density at radius 3 is 2.16 bits per heavy atom. The van der Waals surface area contributed by atoms with Crippen LogP contribution in [0.3, 0.4) is 0 Å². The van der Waals surface area contributed by atoms with Crippen molar-refractivity contribution in [3.8, 4) is 16.9 Å². The minimum Gasteiger partial charge on any atom is -0.508 e. The lowest BCUT2D eigenvalue weighted by Gasteiger charge is -2.09. The van der Waals surface area contributed by atoms with Gasteiger partial charge >= 0.3 is 11.9 Å². The van der Waals surface area contributed by atoms with E-state index in [-0.39, 0.29) is 22.4 Å². The molecule has 0 aliphatic heterocycles. The summed E-state index contributed by atoms with van der Waals surface area (Å²) < 4.78 is 0. The summed E-state index contributed by atoms with van der Waals surface area (Å²) in [6.45, 7) is 0. The largest absolute Gasteiger partial charge is 0.508 e. The molecule has 0 heterocycles. The van der Waals surface area contributed by atoms with Gasteiger partial charge in [-0.15, -0.1) is 0 Å². The predicted molar refractivity (Wildman–Crippen MR) is 67.5 cm³/mol. The molecule has 2 aromatic carbocycles. The van der Waals surface area contributed by atoms with E-state index in [1.807, 2.05) is 0 Å². The maximum atomic E-state index is 11.3. The zero-order chi connectivity index (χ0) is 14.0. The van der Waals surface area contributed by atoms with Crippen LogP contribution in [0.25, 0.3) is 11.1 Å². The van der Waals surface area contributed by atoms with Crippen molar-refractivity contribution in [1.82, 2.24) is 0 Å². The van der Waals surface area contributed by atoms with E-state index in [4.69, 9.17) is 5.11 Å². The van der Waals surface area contributed by atoms with Crippen LogP contribution in [0.15, 0.2) is 42.5 Å². The lowest BCUT2D eigenvalue weighted by Crippen LogP contribution is -2.09. The van der Waals surface area contributed by atoms with Gasteiger partial charge in [0.1, 0.15) is 5.75 Å². The molecular formula is C14H10O5. The molecule has 0 saturated heterocycles. The highest BCUT2D eigenvalue weighted by Gasteiger charge is 2.20. The summed E-state index contributed by atoms with van der Waals surface area (Å²) >= 11 is 0. The highest BCUT2D eigenvalue weighted by molar-refractivity contribution is 6.06. The number of phenolic OH excluding ortho intramolecular Hbond substituents is 1. The number of benzene rings is 2. The summed E-state index contributed by atoms with van der Waals surface area (Å²) in [6.07, 6.45) is 0. The Bertz CT molecular complexity index is 661. The van der Waals surface area contributed by atoms with E-state index >= 15 is 0 Å². The SMILES string of the molecule is O=C(O)c1cccc(-c2cccc(O)c2)c1C(=O)O. The Labute approximate surface area is 108 Å². The van der Waals surface area contributed by atoms with Crippen molar-refractivity contribution >= 4 is 11.9 Å². The second-order valence-electron chi connectivity index (χ2n) is 3.89. The molecule has 0 aliphatic rings. The van der Waals surface area contributed by atoms with Crippen molar-refractivity contribution < 1.29 is 24.9 Å². The highest BCUT2D eigenvalue weighted by atomic mass is 16.4. The molecule has 0 aliphatic carbocycles. The van der Waals surface area contributed by atoms with Crippen LogP contribution in [0, 0.1) is 0 Å². The average Bonchev–Trinajstić information content (AvgIpc) is 2.37. The van der Waals surface area contributed by atoms with Crippen molar-refractivity contribution in [1.29, 1.82) is 0 Å². The molecule has 3 N–H and O–H groups in total. The van der Waals surface area contributed by atoms with Gasteiger partial charge in [0, 0.05) is 0 Å². The fourth-order valence-corrected chi connectivity index (χ4v) is 1.87. The molecule has 5 nitrogen and oxygen atoms in total. The van der Waals surface area contributed by atoms with Gasteiger partial charge in [0.15, 0.2) is 0 Å². The highest BCUT2D eigenvalue weighted by Crippen LogP contribution is 2.28. The Kier molecular flexibility index (Phi) is 3.20. The van der Waals surface area contributed by atoms with E-state index in [2.05, 4.69) is 0 Å². The van der Waals surface area contributed by atoms with Crippen LogP contribution in [0.1, 0.15) is 20.7 Å². The number of carbonyl (C=O) groups is 2. The number of hydrogen-bond donors (Lipinski definition) is 3. The third-order valence-electron chi connectivity index (χ3n) is 2.67. The number of hydrogen-bond acceptors (Lipinski definition) is 3. The van der Waals surface area contributed by atoms with Gasteiger partial charge in [0.2, 0.25) is 0 Å². The van der Waals surface area contributed by atoms with E-state index in [0.717, 1.165) is 0 Å². The Morgan fingerprint density at radius 1 is 0.895 bits per heavy atom. The molecule has 5 heteroatoms. The van der Waals surface area contributed by atoms with Crippen molar-refractivity contribution in [3.63, 3.8) is 0 Å². The first-order chi connectivity index (χ1) is 9.00. The van der Waals surface area contributed by atoms with E-state index in [9.17, 15) is 19.8 Å². The molecule has 0 saturated carbocycles. The number of rotatable bonds is 3. The molecule has 96 valence electrons. The fourth-order valence-electron chi connectivity index (χ4n) is 1.87. The third-order valence-corrected chi connectivity index (χ3v) is 2.67. The number of carboxylic acid groups (broad SMARTS) is 2. The maximum Gasteiger partial charge on any atom is 0.337 e. The summed E-state index contributed by atoms with van der Waals surface area (Å²) in [6, 6.07) is 10.2. The van der Waals surface area contributed by atoms with Gasteiger partial charge in [-0.2, -0.15) is 0 Å². The monoisotopic (exact) mass is 258 g/mol. The van der Waals surface area contributed by atoms with Crippen molar-refractivity contribution in [2.75, 3.05) is 0 Å². The molecule has 0 atom stereocenters. The predicted octanol–water partition coefficient (Wildman–Crippen LogP) is 2.46. The number of aromatic hydroxyl groups is 1. The number of aromatic carboxylic acids is 2. The Morgan fingerprint density at radius 2 is 1.58 bits per heavy atom. The Hall–Kier alpha value is -2.82. The first-order valence-corrected chi connectivity index (χ1v) is 5.39. The van der Waals surface area contributed by atoms with Crippen LogP contribution >= 0.6 is 0 Å². The number of carboxylic acids is 2. The average molecular weight is 258 g/mol. The third kappa shape index (κ3) is 2.40. The Balaban J connectivity index is 2.73. The lowest BCUT2D eigenvalue weighted by molar-refractivity contribution is 0.0652. The van der Waals surface area contributed by atoms with E-state index in [1.54, 1.807) is 12.1 Å². The van der Waals surface area contributed by atoms with Gasteiger partial charge < -0.3 is 15.3 Å². The van der Waals surface area contributed by atoms with E-state index < -0.39 is 11.9 Å². The molecule has 0 radical (unpaired) electrons. The summed E-state index contributed by atoms with van der Waals surface area (Å²) in [5.74, 6) is -2.65. The minimum absolute atomic E-state index is 0.0189. The molecule has 0 bridgehead atoms. The van der Waals surface area contributed by atoms with Crippen LogP contribution in [0.2, 0.25) is 0 Å². The minimum atomic E-state index is -1.32. The second-order valence-corrected chi connectivity index (χ2v) is 3.89. The van der Waals surface area contributed by atoms with Gasteiger partial charge in [-0.05, 0) is 29.3 Å². The second kappa shape index (κ2) is 4.81. The molecule has 0 amide bonds. The van der Waals surface area contributed by atoms with Crippen LogP contribution < -0.4 is 0 Å². The van der Waals surface area contributed by atoms with Crippen molar-refractivity contribution in [2.24, 2.45) is 0 Å². The van der Waals surface area contributed by atoms with Gasteiger partial charge in [-0.3, -0.25) is 0 Å². The van der Waals surface area contributed by atoms with Crippen LogP contribution in [0.4, 0.5) is 0 Å². The van der Waals surface area contributed by atoms with Crippen LogP contribution in [-0.2, 0) is 0 Å². The molecule has 2 aromatic rings. The number of phenols is 1. The first-order valence-electron chi connectivity index (χ1n) is 5.39. The summed E-state index contributed by atoms with van der Waals surface area (Å²) in [7, 11) is 0. The smallest absolute Gasteiger partial charge is 0.337 e. The van der Waals surface area contributed by atoms with Gasteiger partial charge in [0.25, 0.3) is 0 Å². The normalized spacial score (nSPS) is 10.1. The van der Waals surface area contributed by atoms with Crippen LogP contribution in [0.5, 0.6) is 5.75 Å². The molecular weight excluding hydrogens is 248 g/mol. The molecule has 0 fully saturated rings. The molecule has 0 aromatic heterocycles. The lowest BCUT2D eigenvalue weighted by atomic mass is 9.95. The summed E-state index contributed by atoms with van der Waals surface area (Å²) in [5, 5.41) is 27.6. The zero-order valence-corrected chi connectivity index (χ0v) is 9.70.